The number of hydrogen-bond donors (Lipinski definition) is 2. The summed E-state index contributed by atoms with van der Waals surface area (Å²) in [6, 6.07) is 8.82. The SMILES string of the molecule is CC(C)N(CCC(N)=NO)S(=O)(=O)Cc1ccccc1. The molecule has 0 bridgehead atoms. The topological polar surface area (TPSA) is 96.0 Å². The second-order valence-electron chi connectivity index (χ2n) is 4.79. The molecule has 1 aromatic carbocycles. The van der Waals surface area contributed by atoms with Crippen molar-refractivity contribution in [2.75, 3.05) is 6.54 Å². The van der Waals surface area contributed by atoms with E-state index in [1.54, 1.807) is 38.1 Å². The molecule has 0 saturated carbocycles. The van der Waals surface area contributed by atoms with E-state index < -0.39 is 10.0 Å². The van der Waals surface area contributed by atoms with Crippen LogP contribution in [-0.4, -0.2) is 36.4 Å². The van der Waals surface area contributed by atoms with Crippen molar-refractivity contribution in [3.05, 3.63) is 35.9 Å². The van der Waals surface area contributed by atoms with Crippen LogP contribution in [0.25, 0.3) is 0 Å². The number of rotatable bonds is 7. The fourth-order valence-corrected chi connectivity index (χ4v) is 3.65. The van der Waals surface area contributed by atoms with Gasteiger partial charge in [-0.25, -0.2) is 8.42 Å². The number of oxime groups is 1. The van der Waals surface area contributed by atoms with Crippen LogP contribution in [0.15, 0.2) is 35.5 Å². The molecule has 0 atom stereocenters. The monoisotopic (exact) mass is 299 g/mol. The minimum absolute atomic E-state index is 0.0190. The highest BCUT2D eigenvalue weighted by Gasteiger charge is 2.25. The average Bonchev–Trinajstić information content (AvgIpc) is 2.38. The first-order valence-electron chi connectivity index (χ1n) is 6.36. The van der Waals surface area contributed by atoms with E-state index in [1.807, 2.05) is 6.07 Å². The third kappa shape index (κ3) is 4.82. The minimum Gasteiger partial charge on any atom is -0.409 e. The van der Waals surface area contributed by atoms with Crippen LogP contribution >= 0.6 is 0 Å². The first-order chi connectivity index (χ1) is 9.36. The molecule has 112 valence electrons. The zero-order chi connectivity index (χ0) is 15.2. The predicted octanol–water partition coefficient (Wildman–Crippen LogP) is 1.36. The molecular weight excluding hydrogens is 278 g/mol. The third-order valence-electron chi connectivity index (χ3n) is 2.84. The van der Waals surface area contributed by atoms with E-state index in [1.165, 1.54) is 4.31 Å². The van der Waals surface area contributed by atoms with Crippen molar-refractivity contribution in [3.63, 3.8) is 0 Å². The molecule has 0 heterocycles. The Balaban J connectivity index is 2.84. The van der Waals surface area contributed by atoms with E-state index in [0.29, 0.717) is 0 Å². The number of benzene rings is 1. The Labute approximate surface area is 119 Å². The molecular formula is C13H21N3O3S. The number of nitrogens with two attached hydrogens (primary N) is 1. The Morgan fingerprint density at radius 3 is 2.45 bits per heavy atom. The molecule has 7 heteroatoms. The first kappa shape index (κ1) is 16.5. The van der Waals surface area contributed by atoms with Crippen molar-refractivity contribution in [3.8, 4) is 0 Å². The van der Waals surface area contributed by atoms with Crippen LogP contribution in [0.2, 0.25) is 0 Å². The Bertz CT molecular complexity index is 541. The third-order valence-corrected chi connectivity index (χ3v) is 4.86. The molecule has 3 N–H and O–H groups in total. The van der Waals surface area contributed by atoms with Gasteiger partial charge in [0.05, 0.1) is 5.75 Å². The van der Waals surface area contributed by atoms with Crippen molar-refractivity contribution in [2.24, 2.45) is 10.9 Å². The summed E-state index contributed by atoms with van der Waals surface area (Å²) in [4.78, 5) is 0. The Kier molecular flexibility index (Phi) is 5.97. The molecule has 0 saturated heterocycles. The summed E-state index contributed by atoms with van der Waals surface area (Å²) >= 11 is 0. The Morgan fingerprint density at radius 2 is 1.95 bits per heavy atom. The van der Waals surface area contributed by atoms with E-state index in [9.17, 15) is 8.42 Å². The molecule has 0 spiro atoms. The molecule has 1 rings (SSSR count). The highest BCUT2D eigenvalue weighted by atomic mass is 32.2. The van der Waals surface area contributed by atoms with Gasteiger partial charge in [-0.15, -0.1) is 0 Å². The molecule has 0 aliphatic carbocycles. The molecule has 0 fully saturated rings. The summed E-state index contributed by atoms with van der Waals surface area (Å²) in [5.41, 5.74) is 6.13. The summed E-state index contributed by atoms with van der Waals surface area (Å²) in [5, 5.41) is 11.4. The second kappa shape index (κ2) is 7.25. The van der Waals surface area contributed by atoms with Crippen molar-refractivity contribution < 1.29 is 13.6 Å². The normalized spacial score (nSPS) is 13.1. The Hall–Kier alpha value is -1.60. The summed E-state index contributed by atoms with van der Waals surface area (Å²) in [5.74, 6) is -0.0343. The van der Waals surface area contributed by atoms with Gasteiger partial charge in [-0.3, -0.25) is 0 Å². The zero-order valence-electron chi connectivity index (χ0n) is 11.7. The highest BCUT2D eigenvalue weighted by Crippen LogP contribution is 2.14. The smallest absolute Gasteiger partial charge is 0.218 e. The van der Waals surface area contributed by atoms with Gasteiger partial charge in [-0.2, -0.15) is 4.31 Å². The van der Waals surface area contributed by atoms with Gasteiger partial charge in [0.1, 0.15) is 5.84 Å². The van der Waals surface area contributed by atoms with Gasteiger partial charge < -0.3 is 10.9 Å². The summed E-state index contributed by atoms with van der Waals surface area (Å²) in [6.45, 7) is 3.80. The van der Waals surface area contributed by atoms with E-state index in [4.69, 9.17) is 10.9 Å². The van der Waals surface area contributed by atoms with Crippen LogP contribution in [0.4, 0.5) is 0 Å². The zero-order valence-corrected chi connectivity index (χ0v) is 12.5. The summed E-state index contributed by atoms with van der Waals surface area (Å²) in [6.07, 6.45) is 0.197. The van der Waals surface area contributed by atoms with Gasteiger partial charge in [0.2, 0.25) is 10.0 Å². The maximum atomic E-state index is 12.4. The summed E-state index contributed by atoms with van der Waals surface area (Å²) < 4.78 is 26.2. The number of amidine groups is 1. The van der Waals surface area contributed by atoms with E-state index >= 15 is 0 Å². The van der Waals surface area contributed by atoms with E-state index in [2.05, 4.69) is 5.16 Å². The van der Waals surface area contributed by atoms with E-state index in [0.717, 1.165) is 5.56 Å². The maximum absolute atomic E-state index is 12.4. The minimum atomic E-state index is -3.44. The lowest BCUT2D eigenvalue weighted by molar-refractivity contribution is 0.313. The number of sulfonamides is 1. The molecule has 0 amide bonds. The first-order valence-corrected chi connectivity index (χ1v) is 7.97. The van der Waals surface area contributed by atoms with Crippen molar-refractivity contribution in [2.45, 2.75) is 32.1 Å². The highest BCUT2D eigenvalue weighted by molar-refractivity contribution is 7.88. The second-order valence-corrected chi connectivity index (χ2v) is 6.71. The molecule has 0 aliphatic rings. The molecule has 0 aromatic heterocycles. The van der Waals surface area contributed by atoms with Crippen LogP contribution in [-0.2, 0) is 15.8 Å². The van der Waals surface area contributed by atoms with Crippen LogP contribution in [0.3, 0.4) is 0 Å². The van der Waals surface area contributed by atoms with Gasteiger partial charge in [0.15, 0.2) is 0 Å². The van der Waals surface area contributed by atoms with E-state index in [-0.39, 0.29) is 30.6 Å². The quantitative estimate of drug-likeness (QED) is 0.344. The number of hydrogen-bond acceptors (Lipinski definition) is 4. The van der Waals surface area contributed by atoms with Gasteiger partial charge in [-0.05, 0) is 19.4 Å². The molecule has 0 unspecified atom stereocenters. The lowest BCUT2D eigenvalue weighted by Gasteiger charge is -2.25. The van der Waals surface area contributed by atoms with Crippen molar-refractivity contribution >= 4 is 15.9 Å². The molecule has 20 heavy (non-hydrogen) atoms. The molecule has 0 aliphatic heterocycles. The van der Waals surface area contributed by atoms with Crippen LogP contribution < -0.4 is 5.73 Å². The molecule has 1 aromatic rings. The number of nitrogens with zero attached hydrogens (tertiary/aromatic N) is 2. The molecule has 0 radical (unpaired) electrons. The van der Waals surface area contributed by atoms with Crippen LogP contribution in [0, 0.1) is 0 Å². The largest absolute Gasteiger partial charge is 0.409 e. The predicted molar refractivity (Wildman–Crippen MR) is 78.9 cm³/mol. The van der Waals surface area contributed by atoms with Gasteiger partial charge in [0.25, 0.3) is 0 Å². The Morgan fingerprint density at radius 1 is 1.35 bits per heavy atom. The lowest BCUT2D eigenvalue weighted by Crippen LogP contribution is -2.39. The maximum Gasteiger partial charge on any atom is 0.218 e. The average molecular weight is 299 g/mol. The van der Waals surface area contributed by atoms with Crippen LogP contribution in [0.5, 0.6) is 0 Å². The van der Waals surface area contributed by atoms with Gasteiger partial charge in [-0.1, -0.05) is 35.5 Å². The fourth-order valence-electron chi connectivity index (χ4n) is 1.86. The lowest BCUT2D eigenvalue weighted by atomic mass is 10.2. The van der Waals surface area contributed by atoms with Crippen LogP contribution in [0.1, 0.15) is 25.8 Å². The fraction of sp³-hybridized carbons (Fsp3) is 0.462. The van der Waals surface area contributed by atoms with Crippen molar-refractivity contribution in [1.82, 2.24) is 4.31 Å². The summed E-state index contributed by atoms with van der Waals surface area (Å²) in [7, 11) is -3.44. The standard InChI is InChI=1S/C13H21N3O3S/c1-11(2)16(9-8-13(14)15-17)20(18,19)10-12-6-4-3-5-7-12/h3-7,11,17H,8-10H2,1-2H3,(H2,14,15). The van der Waals surface area contributed by atoms with Gasteiger partial charge in [0, 0.05) is 19.0 Å². The molecule has 6 nitrogen and oxygen atoms in total. The van der Waals surface area contributed by atoms with Crippen molar-refractivity contribution in [1.29, 1.82) is 0 Å². The van der Waals surface area contributed by atoms with Gasteiger partial charge >= 0.3 is 0 Å².